The van der Waals surface area contributed by atoms with Gasteiger partial charge in [-0.25, -0.2) is 4.98 Å². The van der Waals surface area contributed by atoms with Crippen LogP contribution in [0.3, 0.4) is 0 Å². The molecule has 0 unspecified atom stereocenters. The summed E-state index contributed by atoms with van der Waals surface area (Å²) in [5.41, 5.74) is 10.4. The van der Waals surface area contributed by atoms with Crippen LogP contribution >= 0.6 is 0 Å². The first-order valence-corrected chi connectivity index (χ1v) is 8.00. The quantitative estimate of drug-likeness (QED) is 0.333. The highest BCUT2D eigenvalue weighted by Crippen LogP contribution is 2.25. The van der Waals surface area contributed by atoms with Crippen LogP contribution in [-0.2, 0) is 0 Å². The predicted molar refractivity (Wildman–Crippen MR) is 103 cm³/mol. The second kappa shape index (κ2) is 6.25. The molecule has 0 atom stereocenters. The van der Waals surface area contributed by atoms with E-state index in [9.17, 15) is 10.2 Å². The molecule has 26 heavy (non-hydrogen) atoms. The maximum atomic E-state index is 9.78. The summed E-state index contributed by atoms with van der Waals surface area (Å²) >= 11 is 0. The molecule has 1 heterocycles. The molecule has 0 fully saturated rings. The van der Waals surface area contributed by atoms with Crippen molar-refractivity contribution in [3.05, 3.63) is 66.2 Å². The molecule has 1 aromatic heterocycles. The number of H-pyrrole nitrogens is 1. The van der Waals surface area contributed by atoms with E-state index in [1.165, 1.54) is 12.1 Å². The lowest BCUT2D eigenvalue weighted by Gasteiger charge is -2.00. The Morgan fingerprint density at radius 2 is 1.77 bits per heavy atom. The number of aromatic nitrogens is 2. The maximum absolute atomic E-state index is 9.78. The van der Waals surface area contributed by atoms with Gasteiger partial charge in [-0.2, -0.15) is 0 Å². The van der Waals surface area contributed by atoms with E-state index in [0.717, 1.165) is 28.1 Å². The fraction of sp³-hybridized carbons (Fsp3) is 0. The average Bonchev–Trinajstić information content (AvgIpc) is 3.04. The van der Waals surface area contributed by atoms with Gasteiger partial charge in [0.25, 0.3) is 0 Å². The molecular formula is C20H16N4O2. The third-order valence-electron chi connectivity index (χ3n) is 4.01. The largest absolute Gasteiger partial charge is 0.508 e. The van der Waals surface area contributed by atoms with Crippen molar-refractivity contribution in [3.63, 3.8) is 0 Å². The number of nitrogens with one attached hydrogen (secondary N) is 1. The van der Waals surface area contributed by atoms with Gasteiger partial charge in [0.05, 0.1) is 16.7 Å². The molecule has 0 saturated heterocycles. The van der Waals surface area contributed by atoms with E-state index in [2.05, 4.69) is 15.0 Å². The number of nitrogens with two attached hydrogens (primary N) is 1. The minimum absolute atomic E-state index is 0.0107. The van der Waals surface area contributed by atoms with E-state index in [1.54, 1.807) is 12.3 Å². The molecule has 0 radical (unpaired) electrons. The Balaban J connectivity index is 1.58. The molecule has 0 aliphatic carbocycles. The molecule has 0 saturated carbocycles. The Morgan fingerprint density at radius 1 is 0.962 bits per heavy atom. The van der Waals surface area contributed by atoms with Gasteiger partial charge in [-0.1, -0.05) is 0 Å². The molecular weight excluding hydrogens is 328 g/mol. The Kier molecular flexibility index (Phi) is 3.78. The number of nitrogens with zero attached hydrogens (tertiary/aromatic N) is 2. The Morgan fingerprint density at radius 3 is 2.54 bits per heavy atom. The summed E-state index contributed by atoms with van der Waals surface area (Å²) in [7, 11) is 0. The van der Waals surface area contributed by atoms with Crippen LogP contribution in [0.1, 0.15) is 5.56 Å². The topological polar surface area (TPSA) is 108 Å². The van der Waals surface area contributed by atoms with E-state index in [0.29, 0.717) is 11.3 Å². The number of phenols is 2. The van der Waals surface area contributed by atoms with E-state index in [1.807, 2.05) is 42.5 Å². The highest BCUT2D eigenvalue weighted by atomic mass is 16.3. The summed E-state index contributed by atoms with van der Waals surface area (Å²) in [5.74, 6) is 0.751. The molecule has 128 valence electrons. The molecule has 6 nitrogen and oxygen atoms in total. The number of anilines is 1. The first-order chi connectivity index (χ1) is 12.6. The number of benzene rings is 3. The lowest BCUT2D eigenvalue weighted by Crippen LogP contribution is -1.82. The fourth-order valence-corrected chi connectivity index (χ4v) is 2.65. The monoisotopic (exact) mass is 344 g/mol. The van der Waals surface area contributed by atoms with Crippen LogP contribution < -0.4 is 5.73 Å². The second-order valence-electron chi connectivity index (χ2n) is 5.91. The lowest BCUT2D eigenvalue weighted by molar-refractivity contribution is 0.450. The van der Waals surface area contributed by atoms with Crippen molar-refractivity contribution in [1.82, 2.24) is 9.97 Å². The molecule has 0 spiro atoms. The number of rotatable bonds is 3. The van der Waals surface area contributed by atoms with Gasteiger partial charge in [-0.15, -0.1) is 0 Å². The van der Waals surface area contributed by atoms with Crippen molar-refractivity contribution in [1.29, 1.82) is 0 Å². The number of hydrogen-bond acceptors (Lipinski definition) is 5. The van der Waals surface area contributed by atoms with E-state index < -0.39 is 0 Å². The zero-order chi connectivity index (χ0) is 18.1. The highest BCUT2D eigenvalue weighted by Gasteiger charge is 2.05. The standard InChI is InChI=1S/C20H16N4O2/c21-14-4-8-17-18(9-14)24-20(23-17)12-1-5-15(6-2-12)22-11-13-3-7-16(25)10-19(13)26/h1-11,25-26H,21H2,(H,23,24). The number of nitrogen functional groups attached to an aromatic ring is 1. The first kappa shape index (κ1) is 15.7. The van der Waals surface area contributed by atoms with Crippen molar-refractivity contribution >= 4 is 28.6 Å². The highest BCUT2D eigenvalue weighted by molar-refractivity contribution is 5.86. The van der Waals surface area contributed by atoms with Gasteiger partial charge in [-0.3, -0.25) is 4.99 Å². The minimum Gasteiger partial charge on any atom is -0.508 e. The van der Waals surface area contributed by atoms with Gasteiger partial charge in [0.15, 0.2) is 0 Å². The van der Waals surface area contributed by atoms with Gasteiger partial charge in [-0.05, 0) is 54.6 Å². The van der Waals surface area contributed by atoms with Crippen LogP contribution in [-0.4, -0.2) is 26.4 Å². The molecule has 4 rings (SSSR count). The van der Waals surface area contributed by atoms with Crippen molar-refractivity contribution in [2.24, 2.45) is 4.99 Å². The Bertz CT molecular complexity index is 1110. The number of fused-ring (bicyclic) bond motifs is 1. The lowest BCUT2D eigenvalue weighted by atomic mass is 10.2. The maximum Gasteiger partial charge on any atom is 0.138 e. The molecule has 3 aromatic carbocycles. The van der Waals surface area contributed by atoms with Crippen molar-refractivity contribution in [3.8, 4) is 22.9 Å². The summed E-state index contributed by atoms with van der Waals surface area (Å²) in [4.78, 5) is 12.2. The van der Waals surface area contributed by atoms with Crippen LogP contribution in [0.4, 0.5) is 11.4 Å². The zero-order valence-corrected chi connectivity index (χ0v) is 13.7. The van der Waals surface area contributed by atoms with Gasteiger partial charge < -0.3 is 20.9 Å². The SMILES string of the molecule is Nc1ccc2nc(-c3ccc(N=Cc4ccc(O)cc4O)cc3)[nH]c2c1. The summed E-state index contributed by atoms with van der Waals surface area (Å²) in [5, 5.41) is 19.1. The molecule has 0 amide bonds. The van der Waals surface area contributed by atoms with Crippen LogP contribution in [0.15, 0.2) is 65.7 Å². The normalized spacial score (nSPS) is 11.4. The Hall–Kier alpha value is -3.80. The van der Waals surface area contributed by atoms with Gasteiger partial charge in [0, 0.05) is 29.1 Å². The van der Waals surface area contributed by atoms with Gasteiger partial charge in [0.1, 0.15) is 17.3 Å². The fourth-order valence-electron chi connectivity index (χ4n) is 2.65. The average molecular weight is 344 g/mol. The molecule has 5 N–H and O–H groups in total. The third-order valence-corrected chi connectivity index (χ3v) is 4.01. The Labute approximate surface area is 149 Å². The number of imidazole rings is 1. The second-order valence-corrected chi connectivity index (χ2v) is 5.91. The van der Waals surface area contributed by atoms with Crippen LogP contribution in [0.5, 0.6) is 11.5 Å². The summed E-state index contributed by atoms with van der Waals surface area (Å²) in [6, 6.07) is 17.5. The smallest absolute Gasteiger partial charge is 0.138 e. The number of hydrogen-bond donors (Lipinski definition) is 4. The van der Waals surface area contributed by atoms with Gasteiger partial charge >= 0.3 is 0 Å². The van der Waals surface area contributed by atoms with Crippen molar-refractivity contribution in [2.75, 3.05) is 5.73 Å². The summed E-state index contributed by atoms with van der Waals surface area (Å²) in [6.07, 6.45) is 1.55. The van der Waals surface area contributed by atoms with Crippen molar-refractivity contribution < 1.29 is 10.2 Å². The van der Waals surface area contributed by atoms with E-state index in [4.69, 9.17) is 5.73 Å². The van der Waals surface area contributed by atoms with E-state index >= 15 is 0 Å². The molecule has 0 bridgehead atoms. The molecule has 4 aromatic rings. The van der Waals surface area contributed by atoms with E-state index in [-0.39, 0.29) is 11.5 Å². The zero-order valence-electron chi connectivity index (χ0n) is 13.7. The van der Waals surface area contributed by atoms with Gasteiger partial charge in [0.2, 0.25) is 0 Å². The van der Waals surface area contributed by atoms with Crippen LogP contribution in [0, 0.1) is 0 Å². The number of aromatic hydroxyl groups is 2. The third kappa shape index (κ3) is 3.08. The minimum atomic E-state index is -0.0214. The number of phenolic OH excluding ortho intramolecular Hbond substituents is 2. The van der Waals surface area contributed by atoms with Crippen molar-refractivity contribution in [2.45, 2.75) is 0 Å². The summed E-state index contributed by atoms with van der Waals surface area (Å²) < 4.78 is 0. The first-order valence-electron chi connectivity index (χ1n) is 8.00. The molecule has 6 heteroatoms. The van der Waals surface area contributed by atoms with Crippen LogP contribution in [0.2, 0.25) is 0 Å². The number of aliphatic imine (C=N–C) groups is 1. The van der Waals surface area contributed by atoms with Crippen LogP contribution in [0.25, 0.3) is 22.4 Å². The molecule has 0 aliphatic rings. The summed E-state index contributed by atoms with van der Waals surface area (Å²) in [6.45, 7) is 0. The molecule has 0 aliphatic heterocycles. The predicted octanol–water partition coefficient (Wildman–Crippen LogP) is 3.97. The number of aromatic amines is 1.